The third kappa shape index (κ3) is 8.71. The molecule has 0 bridgehead atoms. The Morgan fingerprint density at radius 3 is 2.22 bits per heavy atom. The maximum absolute atomic E-state index is 11.7. The molecule has 3 atom stereocenters. The Hall–Kier alpha value is -2.65. The molecule has 200 valence electrons. The summed E-state index contributed by atoms with van der Waals surface area (Å²) < 4.78 is 5.29. The number of rotatable bonds is 14. The molecule has 0 radical (unpaired) electrons. The van der Waals surface area contributed by atoms with Crippen LogP contribution in [0, 0.1) is 11.8 Å². The number of hydrogen-bond acceptors (Lipinski definition) is 3. The van der Waals surface area contributed by atoms with Crippen LogP contribution in [0.4, 0.5) is 0 Å². The highest BCUT2D eigenvalue weighted by molar-refractivity contribution is 5.86. The van der Waals surface area contributed by atoms with Gasteiger partial charge in [0, 0.05) is 18.1 Å². The molecule has 3 nitrogen and oxygen atoms in total. The van der Waals surface area contributed by atoms with Crippen LogP contribution < -0.4 is 0 Å². The van der Waals surface area contributed by atoms with Gasteiger partial charge in [-0.2, -0.15) is 0 Å². The summed E-state index contributed by atoms with van der Waals surface area (Å²) in [5.41, 5.74) is 6.96. The van der Waals surface area contributed by atoms with Gasteiger partial charge in [0.15, 0.2) is 0 Å². The zero-order chi connectivity index (χ0) is 26.6. The molecule has 0 spiro atoms. The Kier molecular flexibility index (Phi) is 11.7. The van der Waals surface area contributed by atoms with Gasteiger partial charge in [0.2, 0.25) is 0 Å². The number of carbonyl (C=O) groups excluding carboxylic acids is 1. The molecule has 1 N–H and O–H groups in total. The Balaban J connectivity index is 1.58. The van der Waals surface area contributed by atoms with Gasteiger partial charge in [-0.3, -0.25) is 0 Å². The zero-order valence-corrected chi connectivity index (χ0v) is 23.2. The fraction of sp³-hybridized carbons (Fsp3) is 0.500. The summed E-state index contributed by atoms with van der Waals surface area (Å²) in [6, 6.07) is 17.8. The van der Waals surface area contributed by atoms with E-state index in [0.29, 0.717) is 11.5 Å². The molecule has 0 saturated heterocycles. The lowest BCUT2D eigenvalue weighted by molar-refractivity contribution is -0.140. The maximum atomic E-state index is 11.7. The quantitative estimate of drug-likeness (QED) is 0.160. The van der Waals surface area contributed by atoms with Crippen LogP contribution in [0.2, 0.25) is 0 Å². The molecule has 37 heavy (non-hydrogen) atoms. The van der Waals surface area contributed by atoms with E-state index in [0.717, 1.165) is 18.8 Å². The van der Waals surface area contributed by atoms with Crippen molar-refractivity contribution in [1.82, 2.24) is 0 Å². The summed E-state index contributed by atoms with van der Waals surface area (Å²) in [5, 5.41) is 9.82. The van der Waals surface area contributed by atoms with Gasteiger partial charge in [0.05, 0.1) is 6.61 Å². The second-order valence-electron chi connectivity index (χ2n) is 10.8. The number of esters is 1. The lowest BCUT2D eigenvalue weighted by Gasteiger charge is -2.22. The third-order valence-electron chi connectivity index (χ3n) is 7.87. The Bertz CT molecular complexity index is 1020. The van der Waals surface area contributed by atoms with E-state index >= 15 is 0 Å². The van der Waals surface area contributed by atoms with Crippen molar-refractivity contribution in [2.75, 3.05) is 13.2 Å². The Labute approximate surface area is 224 Å². The van der Waals surface area contributed by atoms with Crippen molar-refractivity contribution in [2.45, 2.75) is 84.5 Å². The molecule has 0 saturated carbocycles. The predicted molar refractivity (Wildman–Crippen MR) is 155 cm³/mol. The van der Waals surface area contributed by atoms with Crippen LogP contribution in [0.5, 0.6) is 0 Å². The van der Waals surface area contributed by atoms with Crippen LogP contribution in [0.15, 0.2) is 66.8 Å². The van der Waals surface area contributed by atoms with Crippen LogP contribution in [0.3, 0.4) is 0 Å². The van der Waals surface area contributed by atoms with Gasteiger partial charge >= 0.3 is 5.97 Å². The van der Waals surface area contributed by atoms with E-state index in [-0.39, 0.29) is 19.1 Å². The van der Waals surface area contributed by atoms with Gasteiger partial charge in [-0.05, 0) is 78.7 Å². The molecule has 0 aromatic heterocycles. The van der Waals surface area contributed by atoms with Crippen LogP contribution in [0.1, 0.15) is 95.6 Å². The molecule has 0 amide bonds. The Morgan fingerprint density at radius 2 is 1.68 bits per heavy atom. The number of carbonyl (C=O) groups is 1. The number of aliphatic hydroxyl groups excluding tert-OH is 1. The van der Waals surface area contributed by atoms with Crippen LogP contribution >= 0.6 is 0 Å². The minimum atomic E-state index is -0.395. The molecule has 2 aromatic rings. The topological polar surface area (TPSA) is 46.5 Å². The molecule has 3 heteroatoms. The number of aliphatic hydroxyl groups is 1. The fourth-order valence-electron chi connectivity index (χ4n) is 5.37. The van der Waals surface area contributed by atoms with E-state index < -0.39 is 5.97 Å². The Morgan fingerprint density at radius 1 is 1.03 bits per heavy atom. The third-order valence-corrected chi connectivity index (χ3v) is 7.87. The van der Waals surface area contributed by atoms with Crippen molar-refractivity contribution in [3.8, 4) is 11.1 Å². The number of hydrogen-bond donors (Lipinski definition) is 1. The average molecular weight is 503 g/mol. The molecular formula is C34H46O3. The molecular weight excluding hydrogens is 456 g/mol. The first-order valence-corrected chi connectivity index (χ1v) is 14.3. The maximum Gasteiger partial charge on any atom is 0.333 e. The smallest absolute Gasteiger partial charge is 0.333 e. The highest BCUT2D eigenvalue weighted by Crippen LogP contribution is 2.34. The van der Waals surface area contributed by atoms with E-state index in [2.05, 4.69) is 75.0 Å². The van der Waals surface area contributed by atoms with Gasteiger partial charge < -0.3 is 9.84 Å². The fourth-order valence-corrected chi connectivity index (χ4v) is 5.37. The SMILES string of the molecule is C=C(C)C(=O)OCC(CO)CC(CC)c1ccc(-c2ccc(C3=CCC(CCCCC)CC3)cc2)cc1. The minimum Gasteiger partial charge on any atom is -0.462 e. The van der Waals surface area contributed by atoms with Crippen LogP contribution in [-0.4, -0.2) is 24.3 Å². The van der Waals surface area contributed by atoms with Crippen molar-refractivity contribution >= 4 is 11.5 Å². The van der Waals surface area contributed by atoms with E-state index in [4.69, 9.17) is 4.74 Å². The minimum absolute atomic E-state index is 0.000348. The summed E-state index contributed by atoms with van der Waals surface area (Å²) in [7, 11) is 0. The normalized spacial score (nSPS) is 17.1. The summed E-state index contributed by atoms with van der Waals surface area (Å²) in [5.74, 6) is 0.703. The number of ether oxygens (including phenoxy) is 1. The standard InChI is InChI=1S/C34H46O3/c1-5-7-8-9-26-10-12-30(13-11-26)31-18-20-33(21-19-31)32-16-14-29(15-17-32)28(6-2)22-27(23-35)24-37-34(36)25(3)4/h12,14-21,26-28,35H,3,5-11,13,22-24H2,1-2,4H3. The largest absolute Gasteiger partial charge is 0.462 e. The molecule has 3 unspecified atom stereocenters. The first-order valence-electron chi connectivity index (χ1n) is 14.3. The highest BCUT2D eigenvalue weighted by Gasteiger charge is 2.19. The molecule has 3 rings (SSSR count). The van der Waals surface area contributed by atoms with Crippen molar-refractivity contribution in [2.24, 2.45) is 11.8 Å². The van der Waals surface area contributed by atoms with Crippen molar-refractivity contribution < 1.29 is 14.6 Å². The average Bonchev–Trinajstić information content (AvgIpc) is 2.94. The predicted octanol–water partition coefficient (Wildman–Crippen LogP) is 8.73. The zero-order valence-electron chi connectivity index (χ0n) is 23.2. The summed E-state index contributed by atoms with van der Waals surface area (Å²) in [4.78, 5) is 11.7. The summed E-state index contributed by atoms with van der Waals surface area (Å²) >= 11 is 0. The van der Waals surface area contributed by atoms with E-state index in [1.807, 2.05) is 0 Å². The van der Waals surface area contributed by atoms with E-state index in [1.54, 1.807) is 6.92 Å². The van der Waals surface area contributed by atoms with Gasteiger partial charge in [-0.25, -0.2) is 4.79 Å². The lowest BCUT2D eigenvalue weighted by Crippen LogP contribution is -2.20. The van der Waals surface area contributed by atoms with Gasteiger partial charge in [-0.15, -0.1) is 0 Å². The highest BCUT2D eigenvalue weighted by atomic mass is 16.5. The molecule has 1 aliphatic carbocycles. The van der Waals surface area contributed by atoms with Crippen molar-refractivity contribution in [1.29, 1.82) is 0 Å². The number of unbranched alkanes of at least 4 members (excludes halogenated alkanes) is 2. The molecule has 0 heterocycles. The second kappa shape index (κ2) is 14.9. The van der Waals surface area contributed by atoms with E-state index in [9.17, 15) is 9.90 Å². The van der Waals surface area contributed by atoms with E-state index in [1.165, 1.54) is 72.8 Å². The van der Waals surface area contributed by atoms with Crippen molar-refractivity contribution in [3.05, 3.63) is 77.9 Å². The van der Waals surface area contributed by atoms with Gasteiger partial charge in [-0.1, -0.05) is 101 Å². The lowest BCUT2D eigenvalue weighted by atomic mass is 9.83. The number of benzene rings is 2. The summed E-state index contributed by atoms with van der Waals surface area (Å²) in [6.45, 7) is 9.92. The molecule has 1 aliphatic rings. The molecule has 0 aliphatic heterocycles. The molecule has 2 aromatic carbocycles. The van der Waals surface area contributed by atoms with Gasteiger partial charge in [0.25, 0.3) is 0 Å². The number of allylic oxidation sites excluding steroid dienone is 2. The first-order chi connectivity index (χ1) is 17.9. The summed E-state index contributed by atoms with van der Waals surface area (Å²) in [6.07, 6.45) is 13.4. The molecule has 0 fully saturated rings. The first kappa shape index (κ1) is 28.9. The monoisotopic (exact) mass is 502 g/mol. The second-order valence-corrected chi connectivity index (χ2v) is 10.8. The van der Waals surface area contributed by atoms with Crippen molar-refractivity contribution in [3.63, 3.8) is 0 Å². The van der Waals surface area contributed by atoms with Crippen LogP contribution in [0.25, 0.3) is 16.7 Å². The van der Waals surface area contributed by atoms with Gasteiger partial charge in [0.1, 0.15) is 0 Å². The van der Waals surface area contributed by atoms with Crippen LogP contribution in [-0.2, 0) is 9.53 Å².